The Morgan fingerprint density at radius 1 is 0.919 bits per heavy atom. The summed E-state index contributed by atoms with van der Waals surface area (Å²) in [5.74, 6) is -1.14. The number of hydrogen-bond acceptors (Lipinski definition) is 7. The lowest BCUT2D eigenvalue weighted by Gasteiger charge is -2.33. The lowest BCUT2D eigenvalue weighted by atomic mass is 9.91. The van der Waals surface area contributed by atoms with Crippen molar-refractivity contribution in [2.75, 3.05) is 18.5 Å². The number of anilines is 1. The van der Waals surface area contributed by atoms with E-state index in [0.717, 1.165) is 11.3 Å². The summed E-state index contributed by atoms with van der Waals surface area (Å²) in [5.41, 5.74) is -0.429. The van der Waals surface area contributed by atoms with E-state index < -0.39 is 47.1 Å². The maximum absolute atomic E-state index is 13.2. The first-order chi connectivity index (χ1) is 16.9. The van der Waals surface area contributed by atoms with Crippen molar-refractivity contribution >= 4 is 17.7 Å². The Hall–Kier alpha value is -2.39. The molecule has 0 aliphatic rings. The van der Waals surface area contributed by atoms with E-state index in [1.165, 1.54) is 0 Å². The molecule has 1 unspecified atom stereocenters. The number of ether oxygens (including phenoxy) is 3. The van der Waals surface area contributed by atoms with Crippen molar-refractivity contribution in [2.24, 2.45) is 5.92 Å². The van der Waals surface area contributed by atoms with Crippen LogP contribution in [0.4, 0.5) is 14.9 Å². The molecule has 8 nitrogen and oxygen atoms in total. The third-order valence-electron chi connectivity index (χ3n) is 4.87. The Bertz CT molecular complexity index is 840. The van der Waals surface area contributed by atoms with E-state index in [4.69, 9.17) is 14.2 Å². The van der Waals surface area contributed by atoms with E-state index in [9.17, 15) is 19.1 Å². The number of aliphatic hydroxyl groups excluding tert-OH is 1. The number of benzene rings is 1. The van der Waals surface area contributed by atoms with Crippen LogP contribution in [0.2, 0.25) is 0 Å². The van der Waals surface area contributed by atoms with E-state index in [1.807, 2.05) is 24.3 Å². The highest BCUT2D eigenvalue weighted by atomic mass is 19.1. The molecule has 0 saturated carbocycles. The fraction of sp³-hybridized carbons (Fsp3) is 0.714. The van der Waals surface area contributed by atoms with Crippen molar-refractivity contribution in [2.45, 2.75) is 111 Å². The number of esters is 1. The molecule has 0 saturated heterocycles. The quantitative estimate of drug-likeness (QED) is 0.191. The summed E-state index contributed by atoms with van der Waals surface area (Å²) in [6.07, 6.45) is -1.32. The summed E-state index contributed by atoms with van der Waals surface area (Å²) in [5, 5.41) is 16.7. The smallest absolute Gasteiger partial charge is 0.408 e. The lowest BCUT2D eigenvalue weighted by Crippen LogP contribution is -2.50. The molecular formula is C28H47FN2O6. The number of aliphatic hydroxyl groups is 1. The largest absolute Gasteiger partial charge is 0.460 e. The van der Waals surface area contributed by atoms with Crippen LogP contribution in [0, 0.1) is 5.92 Å². The number of hydrogen-bond donors (Lipinski definition) is 3. The topological polar surface area (TPSA) is 106 Å². The number of halogens is 1. The average molecular weight is 527 g/mol. The highest BCUT2D eigenvalue weighted by Crippen LogP contribution is 2.24. The van der Waals surface area contributed by atoms with Gasteiger partial charge in [0.1, 0.15) is 11.2 Å². The minimum Gasteiger partial charge on any atom is -0.460 e. The summed E-state index contributed by atoms with van der Waals surface area (Å²) >= 11 is 0. The second-order valence-electron chi connectivity index (χ2n) is 12.2. The summed E-state index contributed by atoms with van der Waals surface area (Å²) in [4.78, 5) is 25.8. The van der Waals surface area contributed by atoms with Crippen LogP contribution >= 0.6 is 0 Å². The molecule has 0 aromatic heterocycles. The molecule has 0 heterocycles. The monoisotopic (exact) mass is 526 g/mol. The van der Waals surface area contributed by atoms with E-state index in [-0.39, 0.29) is 13.1 Å². The standard InChI is InChI=1S/C28H47FN2O6/c1-26(2,3)35-23(32)20(17-19-11-13-21(14-12-19)30-16-10-15-29)18-22(24(33)36-27(4,5)6)31-25(34)37-28(7,8)9/h11-14,20,22,24,30,33H,10,15-18H2,1-9H3,(H,31,34)/t20-,22-,24?/m0/s1. The third-order valence-corrected chi connectivity index (χ3v) is 4.87. The molecule has 9 heteroatoms. The van der Waals surface area contributed by atoms with Gasteiger partial charge in [-0.2, -0.15) is 0 Å². The van der Waals surface area contributed by atoms with Crippen LogP contribution in [0.15, 0.2) is 24.3 Å². The van der Waals surface area contributed by atoms with Gasteiger partial charge in [-0.1, -0.05) is 12.1 Å². The fourth-order valence-corrected chi connectivity index (χ4v) is 3.45. The number of nitrogens with one attached hydrogen (secondary N) is 2. The van der Waals surface area contributed by atoms with Gasteiger partial charge in [-0.15, -0.1) is 0 Å². The van der Waals surface area contributed by atoms with Crippen molar-refractivity contribution in [1.82, 2.24) is 5.32 Å². The zero-order chi connectivity index (χ0) is 28.4. The van der Waals surface area contributed by atoms with Gasteiger partial charge >= 0.3 is 12.1 Å². The van der Waals surface area contributed by atoms with Gasteiger partial charge in [-0.25, -0.2) is 4.79 Å². The van der Waals surface area contributed by atoms with Crippen LogP contribution in [-0.4, -0.2) is 59.5 Å². The molecule has 3 atom stereocenters. The number of alkyl halides is 1. The molecule has 37 heavy (non-hydrogen) atoms. The first-order valence-electron chi connectivity index (χ1n) is 12.9. The van der Waals surface area contributed by atoms with Crippen molar-refractivity contribution in [1.29, 1.82) is 0 Å². The van der Waals surface area contributed by atoms with Gasteiger partial charge in [0.15, 0.2) is 6.29 Å². The van der Waals surface area contributed by atoms with Crippen molar-refractivity contribution in [3.63, 3.8) is 0 Å². The molecule has 0 spiro atoms. The second kappa shape index (κ2) is 14.0. The molecule has 0 fully saturated rings. The molecule has 1 amide bonds. The Kier molecular flexibility index (Phi) is 12.3. The van der Waals surface area contributed by atoms with Crippen LogP contribution in [-0.2, 0) is 25.4 Å². The van der Waals surface area contributed by atoms with Crippen LogP contribution < -0.4 is 10.6 Å². The molecule has 1 aromatic carbocycles. The lowest BCUT2D eigenvalue weighted by molar-refractivity contribution is -0.184. The molecule has 1 aromatic rings. The van der Waals surface area contributed by atoms with Crippen LogP contribution in [0.1, 0.15) is 80.7 Å². The molecule has 1 rings (SSSR count). The van der Waals surface area contributed by atoms with Gasteiger partial charge in [-0.05, 0) is 99.3 Å². The van der Waals surface area contributed by atoms with Gasteiger partial charge in [0.05, 0.1) is 24.2 Å². The number of rotatable bonds is 12. The van der Waals surface area contributed by atoms with Crippen LogP contribution in [0.3, 0.4) is 0 Å². The SMILES string of the molecule is CC(C)(C)OC(=O)N[C@@H](C[C@H](Cc1ccc(NCCCF)cc1)C(=O)OC(C)(C)C)C(O)OC(C)(C)C. The highest BCUT2D eigenvalue weighted by molar-refractivity contribution is 5.74. The summed E-state index contributed by atoms with van der Waals surface area (Å²) in [6.45, 7) is 16.1. The Labute approximate surface area is 221 Å². The molecule has 3 N–H and O–H groups in total. The van der Waals surface area contributed by atoms with Crippen molar-refractivity contribution < 1.29 is 33.3 Å². The molecule has 212 valence electrons. The maximum atomic E-state index is 13.2. The van der Waals surface area contributed by atoms with Gasteiger partial charge in [0.2, 0.25) is 0 Å². The van der Waals surface area contributed by atoms with Gasteiger partial charge in [0.25, 0.3) is 0 Å². The summed E-state index contributed by atoms with van der Waals surface area (Å²) in [7, 11) is 0. The third kappa shape index (κ3) is 14.8. The summed E-state index contributed by atoms with van der Waals surface area (Å²) in [6, 6.07) is 6.57. The average Bonchev–Trinajstić information content (AvgIpc) is 2.70. The minimum absolute atomic E-state index is 0.0574. The highest BCUT2D eigenvalue weighted by Gasteiger charge is 2.34. The maximum Gasteiger partial charge on any atom is 0.408 e. The number of carbonyl (C=O) groups excluding carboxylic acids is 2. The predicted octanol–water partition coefficient (Wildman–Crippen LogP) is 5.38. The van der Waals surface area contributed by atoms with Gasteiger partial charge in [-0.3, -0.25) is 9.18 Å². The Balaban J connectivity index is 3.18. The van der Waals surface area contributed by atoms with Crippen LogP contribution in [0.25, 0.3) is 0 Å². The van der Waals surface area contributed by atoms with E-state index in [2.05, 4.69) is 10.6 Å². The van der Waals surface area contributed by atoms with Gasteiger partial charge in [0, 0.05) is 12.2 Å². The Morgan fingerprint density at radius 3 is 1.97 bits per heavy atom. The second-order valence-corrected chi connectivity index (χ2v) is 12.2. The first kappa shape index (κ1) is 32.6. The molecule has 0 aliphatic carbocycles. The summed E-state index contributed by atoms with van der Waals surface area (Å²) < 4.78 is 29.1. The van der Waals surface area contributed by atoms with Gasteiger partial charge < -0.3 is 30.0 Å². The molecular weight excluding hydrogens is 479 g/mol. The zero-order valence-corrected chi connectivity index (χ0v) is 23.9. The molecule has 0 bridgehead atoms. The number of carbonyl (C=O) groups is 2. The Morgan fingerprint density at radius 2 is 1.49 bits per heavy atom. The fourth-order valence-electron chi connectivity index (χ4n) is 3.45. The van der Waals surface area contributed by atoms with Crippen LogP contribution in [0.5, 0.6) is 0 Å². The molecule has 0 radical (unpaired) electrons. The van der Waals surface area contributed by atoms with E-state index >= 15 is 0 Å². The zero-order valence-electron chi connectivity index (χ0n) is 23.9. The van der Waals surface area contributed by atoms with Crippen molar-refractivity contribution in [3.8, 4) is 0 Å². The number of alkyl carbamates (subject to hydrolysis) is 1. The number of amides is 1. The van der Waals surface area contributed by atoms with Crippen molar-refractivity contribution in [3.05, 3.63) is 29.8 Å². The first-order valence-corrected chi connectivity index (χ1v) is 12.9. The van der Waals surface area contributed by atoms with E-state index in [0.29, 0.717) is 19.4 Å². The predicted molar refractivity (Wildman–Crippen MR) is 143 cm³/mol. The van der Waals surface area contributed by atoms with E-state index in [1.54, 1.807) is 62.3 Å². The molecule has 0 aliphatic heterocycles. The minimum atomic E-state index is -1.39. The normalized spacial score (nSPS) is 14.9.